The van der Waals surface area contributed by atoms with Crippen molar-refractivity contribution in [2.75, 3.05) is 0 Å². The summed E-state index contributed by atoms with van der Waals surface area (Å²) in [7, 11) is 0. The summed E-state index contributed by atoms with van der Waals surface area (Å²) in [6.07, 6.45) is 1.82. The molecule has 3 aromatic carbocycles. The van der Waals surface area contributed by atoms with Crippen molar-refractivity contribution in [3.8, 4) is 5.75 Å². The molecular formula is C23H16FIN2O2S. The number of hydrogen-bond donors (Lipinski definition) is 1. The average molecular weight is 530 g/mol. The Hall–Kier alpha value is -2.65. The number of aliphatic imine (C=N–C) groups is 1. The number of hydrogen-bond acceptors (Lipinski definition) is 4. The van der Waals surface area contributed by atoms with E-state index in [0.717, 1.165) is 20.4 Å². The van der Waals surface area contributed by atoms with Crippen molar-refractivity contribution in [3.63, 3.8) is 0 Å². The third-order valence-corrected chi connectivity index (χ3v) is 5.95. The monoisotopic (exact) mass is 530 g/mol. The molecule has 4 rings (SSSR count). The fourth-order valence-electron chi connectivity index (χ4n) is 2.72. The van der Waals surface area contributed by atoms with Crippen LogP contribution in [0.15, 0.2) is 82.7 Å². The van der Waals surface area contributed by atoms with Crippen LogP contribution in [-0.4, -0.2) is 11.1 Å². The van der Waals surface area contributed by atoms with E-state index >= 15 is 0 Å². The Labute approximate surface area is 191 Å². The molecule has 30 heavy (non-hydrogen) atoms. The molecule has 1 N–H and O–H groups in total. The van der Waals surface area contributed by atoms with Crippen molar-refractivity contribution in [2.24, 2.45) is 4.99 Å². The number of nitrogens with one attached hydrogen (secondary N) is 1. The molecule has 0 aromatic heterocycles. The van der Waals surface area contributed by atoms with Crippen LogP contribution in [-0.2, 0) is 11.4 Å². The van der Waals surface area contributed by atoms with Crippen molar-refractivity contribution in [3.05, 3.63) is 98.2 Å². The first-order chi connectivity index (χ1) is 14.6. The predicted octanol–water partition coefficient (Wildman–Crippen LogP) is 5.90. The van der Waals surface area contributed by atoms with Crippen molar-refractivity contribution >= 4 is 57.2 Å². The van der Waals surface area contributed by atoms with Crippen LogP contribution in [0.1, 0.15) is 11.1 Å². The van der Waals surface area contributed by atoms with E-state index in [4.69, 9.17) is 4.74 Å². The van der Waals surface area contributed by atoms with E-state index in [1.165, 1.54) is 23.9 Å². The van der Waals surface area contributed by atoms with Crippen LogP contribution >= 0.6 is 34.4 Å². The normalized spacial score (nSPS) is 16.1. The lowest BCUT2D eigenvalue weighted by molar-refractivity contribution is -0.115. The second kappa shape index (κ2) is 9.44. The van der Waals surface area contributed by atoms with Gasteiger partial charge in [0, 0.05) is 0 Å². The fraction of sp³-hybridized carbons (Fsp3) is 0.0435. The topological polar surface area (TPSA) is 50.7 Å². The number of amides is 1. The van der Waals surface area contributed by atoms with E-state index in [1.54, 1.807) is 12.1 Å². The van der Waals surface area contributed by atoms with E-state index in [9.17, 15) is 9.18 Å². The Kier molecular flexibility index (Phi) is 6.49. The predicted molar refractivity (Wildman–Crippen MR) is 127 cm³/mol. The van der Waals surface area contributed by atoms with Gasteiger partial charge in [-0.3, -0.25) is 4.79 Å². The first kappa shape index (κ1) is 20.6. The molecule has 1 heterocycles. The highest BCUT2D eigenvalue weighted by Gasteiger charge is 2.23. The van der Waals surface area contributed by atoms with Crippen LogP contribution in [0.4, 0.5) is 10.1 Å². The van der Waals surface area contributed by atoms with Crippen LogP contribution in [0.5, 0.6) is 5.75 Å². The molecule has 1 amide bonds. The molecule has 0 bridgehead atoms. The van der Waals surface area contributed by atoms with Gasteiger partial charge in [0.05, 0.1) is 14.2 Å². The Morgan fingerprint density at radius 2 is 1.83 bits per heavy atom. The minimum Gasteiger partial charge on any atom is -0.488 e. The van der Waals surface area contributed by atoms with E-state index in [1.807, 2.05) is 54.6 Å². The zero-order chi connectivity index (χ0) is 20.9. The summed E-state index contributed by atoms with van der Waals surface area (Å²) in [5.41, 5.74) is 2.58. The maximum absolute atomic E-state index is 13.0. The Morgan fingerprint density at radius 3 is 2.57 bits per heavy atom. The Bertz CT molecular complexity index is 1130. The number of amidine groups is 1. The first-order valence-corrected chi connectivity index (χ1v) is 11.0. The summed E-state index contributed by atoms with van der Waals surface area (Å²) in [5.74, 6) is 0.261. The highest BCUT2D eigenvalue weighted by atomic mass is 127. The smallest absolute Gasteiger partial charge is 0.264 e. The van der Waals surface area contributed by atoms with Crippen molar-refractivity contribution in [2.45, 2.75) is 6.61 Å². The van der Waals surface area contributed by atoms with Gasteiger partial charge in [0.1, 0.15) is 18.2 Å². The molecule has 7 heteroatoms. The minimum atomic E-state index is -0.326. The number of carbonyl (C=O) groups is 1. The Balaban J connectivity index is 1.45. The molecule has 3 aromatic rings. The number of rotatable bonds is 5. The maximum Gasteiger partial charge on any atom is 0.264 e. The van der Waals surface area contributed by atoms with Gasteiger partial charge in [0.2, 0.25) is 0 Å². The lowest BCUT2D eigenvalue weighted by Crippen LogP contribution is -2.19. The van der Waals surface area contributed by atoms with Gasteiger partial charge in [-0.2, -0.15) is 0 Å². The summed E-state index contributed by atoms with van der Waals surface area (Å²) in [6, 6.07) is 21.6. The van der Waals surface area contributed by atoms with Crippen molar-refractivity contribution < 1.29 is 13.9 Å². The largest absolute Gasteiger partial charge is 0.488 e. The molecular weight excluding hydrogens is 514 g/mol. The first-order valence-electron chi connectivity index (χ1n) is 9.08. The van der Waals surface area contributed by atoms with E-state index in [-0.39, 0.29) is 11.7 Å². The maximum atomic E-state index is 13.0. The lowest BCUT2D eigenvalue weighted by Gasteiger charge is -2.09. The molecule has 0 radical (unpaired) electrons. The van der Waals surface area contributed by atoms with Crippen LogP contribution in [0.2, 0.25) is 0 Å². The van der Waals surface area contributed by atoms with Crippen LogP contribution in [0, 0.1) is 9.39 Å². The van der Waals surface area contributed by atoms with Gasteiger partial charge in [-0.25, -0.2) is 9.38 Å². The van der Waals surface area contributed by atoms with Gasteiger partial charge >= 0.3 is 0 Å². The number of benzene rings is 3. The average Bonchev–Trinajstić information content (AvgIpc) is 3.08. The van der Waals surface area contributed by atoms with Gasteiger partial charge in [0.15, 0.2) is 5.17 Å². The molecule has 1 aliphatic rings. The van der Waals surface area contributed by atoms with Crippen LogP contribution in [0.25, 0.3) is 6.08 Å². The summed E-state index contributed by atoms with van der Waals surface area (Å²) < 4.78 is 19.9. The molecule has 1 fully saturated rings. The molecule has 0 spiro atoms. The number of nitrogens with zero attached hydrogens (tertiary/aromatic N) is 1. The lowest BCUT2D eigenvalue weighted by atomic mass is 10.2. The molecule has 1 saturated heterocycles. The zero-order valence-electron chi connectivity index (χ0n) is 15.6. The van der Waals surface area contributed by atoms with Gasteiger partial charge in [-0.05, 0) is 88.0 Å². The van der Waals surface area contributed by atoms with Crippen LogP contribution in [0.3, 0.4) is 0 Å². The zero-order valence-corrected chi connectivity index (χ0v) is 18.6. The minimum absolute atomic E-state index is 0.208. The summed E-state index contributed by atoms with van der Waals surface area (Å²) in [6.45, 7) is 0.499. The van der Waals surface area contributed by atoms with Gasteiger partial charge in [-0.1, -0.05) is 36.4 Å². The summed E-state index contributed by atoms with van der Waals surface area (Å²) in [4.78, 5) is 17.2. The second-order valence-electron chi connectivity index (χ2n) is 6.42. The van der Waals surface area contributed by atoms with Crippen molar-refractivity contribution in [1.29, 1.82) is 0 Å². The standard InChI is InChI=1S/C23H16FIN2O2S/c24-17-7-9-18(10-8-17)26-23-27-22(28)21(30-23)13-16-6-11-20(19(25)12-16)29-14-15-4-2-1-3-5-15/h1-13H,14H2,(H,26,27,28)/b21-13+. The quantitative estimate of drug-likeness (QED) is 0.330. The number of halogens is 2. The number of ether oxygens (including phenoxy) is 1. The molecule has 0 unspecified atom stereocenters. The van der Waals surface area contributed by atoms with Crippen LogP contribution < -0.4 is 10.1 Å². The highest BCUT2D eigenvalue weighted by molar-refractivity contribution is 14.1. The summed E-state index contributed by atoms with van der Waals surface area (Å²) in [5, 5.41) is 3.21. The van der Waals surface area contributed by atoms with Gasteiger partial charge < -0.3 is 10.1 Å². The Morgan fingerprint density at radius 1 is 1.07 bits per heavy atom. The third-order valence-electron chi connectivity index (χ3n) is 4.20. The van der Waals surface area contributed by atoms with Crippen molar-refractivity contribution in [1.82, 2.24) is 5.32 Å². The highest BCUT2D eigenvalue weighted by Crippen LogP contribution is 2.30. The SMILES string of the molecule is O=C1NC(=Nc2ccc(F)cc2)S/C1=C/c1ccc(OCc2ccccc2)c(I)c1. The fourth-order valence-corrected chi connectivity index (χ4v) is 4.26. The molecule has 0 saturated carbocycles. The van der Waals surface area contributed by atoms with E-state index < -0.39 is 0 Å². The van der Waals surface area contributed by atoms with E-state index in [0.29, 0.717) is 22.4 Å². The van der Waals surface area contributed by atoms with Gasteiger partial charge in [0.25, 0.3) is 5.91 Å². The summed E-state index contributed by atoms with van der Waals surface area (Å²) >= 11 is 3.48. The van der Waals surface area contributed by atoms with E-state index in [2.05, 4.69) is 32.9 Å². The third kappa shape index (κ3) is 5.28. The molecule has 0 aliphatic carbocycles. The molecule has 0 atom stereocenters. The molecule has 4 nitrogen and oxygen atoms in total. The number of thioether (sulfide) groups is 1. The molecule has 150 valence electrons. The number of carbonyl (C=O) groups excluding carboxylic acids is 1. The second-order valence-corrected chi connectivity index (χ2v) is 8.62. The molecule has 1 aliphatic heterocycles. The van der Waals surface area contributed by atoms with Gasteiger partial charge in [-0.15, -0.1) is 0 Å².